The Hall–Kier alpha value is -3.91. The summed E-state index contributed by atoms with van der Waals surface area (Å²) in [5, 5.41) is 11.8. The van der Waals surface area contributed by atoms with Gasteiger partial charge in [-0.1, -0.05) is 49.7 Å². The van der Waals surface area contributed by atoms with Crippen LogP contribution in [-0.4, -0.2) is 29.5 Å². The van der Waals surface area contributed by atoms with Crippen molar-refractivity contribution in [2.24, 2.45) is 5.92 Å². The van der Waals surface area contributed by atoms with E-state index in [2.05, 4.69) is 5.32 Å². The largest absolute Gasteiger partial charge is 0.482 e. The van der Waals surface area contributed by atoms with Crippen LogP contribution in [-0.2, 0) is 22.7 Å². The molecule has 0 radical (unpaired) electrons. The zero-order valence-corrected chi connectivity index (χ0v) is 21.1. The molecule has 2 amide bonds. The lowest BCUT2D eigenvalue weighted by molar-refractivity contribution is -0.139. The van der Waals surface area contributed by atoms with Crippen LogP contribution in [0.3, 0.4) is 0 Å². The van der Waals surface area contributed by atoms with Crippen LogP contribution in [0.4, 0.5) is 10.1 Å². The van der Waals surface area contributed by atoms with E-state index in [1.165, 1.54) is 17.0 Å². The first-order valence-electron chi connectivity index (χ1n) is 11.8. The van der Waals surface area contributed by atoms with Gasteiger partial charge < -0.3 is 20.1 Å². The molecule has 1 aliphatic rings. The van der Waals surface area contributed by atoms with E-state index in [0.29, 0.717) is 17.0 Å². The lowest BCUT2D eigenvalue weighted by Crippen LogP contribution is -2.41. The summed E-state index contributed by atoms with van der Waals surface area (Å²) in [5.74, 6) is -2.05. The van der Waals surface area contributed by atoms with Crippen molar-refractivity contribution in [2.45, 2.75) is 32.9 Å². The van der Waals surface area contributed by atoms with Gasteiger partial charge in [0.05, 0.1) is 6.54 Å². The van der Waals surface area contributed by atoms with Gasteiger partial charge >= 0.3 is 5.97 Å². The Morgan fingerprint density at radius 2 is 1.81 bits per heavy atom. The summed E-state index contributed by atoms with van der Waals surface area (Å²) in [4.78, 5) is 38.3. The Labute approximate surface area is 218 Å². The van der Waals surface area contributed by atoms with Crippen molar-refractivity contribution in [3.05, 3.63) is 93.8 Å². The maximum Gasteiger partial charge on any atom is 0.341 e. The first-order chi connectivity index (χ1) is 17.7. The van der Waals surface area contributed by atoms with E-state index in [-0.39, 0.29) is 47.3 Å². The van der Waals surface area contributed by atoms with Crippen LogP contribution in [0.25, 0.3) is 0 Å². The number of amides is 2. The fourth-order valence-corrected chi connectivity index (χ4v) is 4.51. The molecule has 9 heteroatoms. The monoisotopic (exact) mass is 524 g/mol. The molecule has 0 saturated heterocycles. The summed E-state index contributed by atoms with van der Waals surface area (Å²) in [6.45, 7) is 3.54. The number of aliphatic carboxylic acids is 1. The second kappa shape index (κ2) is 11.0. The van der Waals surface area contributed by atoms with Gasteiger partial charge in [-0.25, -0.2) is 9.18 Å². The summed E-state index contributed by atoms with van der Waals surface area (Å²) >= 11 is 6.23. The number of rotatable bonds is 8. The summed E-state index contributed by atoms with van der Waals surface area (Å²) < 4.78 is 19.6. The first-order valence-corrected chi connectivity index (χ1v) is 12.1. The normalized spacial score (nSPS) is 16.8. The van der Waals surface area contributed by atoms with Gasteiger partial charge in [0.15, 0.2) is 6.61 Å². The number of carbonyl (C=O) groups is 3. The van der Waals surface area contributed by atoms with Crippen molar-refractivity contribution in [1.29, 1.82) is 0 Å². The number of hydrogen-bond acceptors (Lipinski definition) is 4. The molecule has 1 aliphatic heterocycles. The number of carboxylic acid groups (broad SMARTS) is 1. The van der Waals surface area contributed by atoms with Crippen molar-refractivity contribution in [2.75, 3.05) is 11.5 Å². The highest BCUT2D eigenvalue weighted by atomic mass is 35.5. The van der Waals surface area contributed by atoms with Crippen molar-refractivity contribution < 1.29 is 28.6 Å². The Bertz CT molecular complexity index is 1320. The molecule has 0 spiro atoms. The number of hydrogen-bond donors (Lipinski definition) is 2. The Morgan fingerprint density at radius 3 is 2.49 bits per heavy atom. The van der Waals surface area contributed by atoms with Gasteiger partial charge in [0.1, 0.15) is 11.6 Å². The molecule has 2 atom stereocenters. The van der Waals surface area contributed by atoms with Crippen molar-refractivity contribution in [3.63, 3.8) is 0 Å². The molecular formula is C28H26ClFN2O5. The average molecular weight is 525 g/mol. The van der Waals surface area contributed by atoms with Crippen LogP contribution >= 0.6 is 11.6 Å². The zero-order chi connectivity index (χ0) is 26.7. The zero-order valence-electron chi connectivity index (χ0n) is 20.3. The lowest BCUT2D eigenvalue weighted by atomic mass is 9.82. The number of carbonyl (C=O) groups excluding carboxylic acids is 2. The number of nitrogens with zero attached hydrogens (tertiary/aromatic N) is 1. The molecule has 0 aromatic heterocycles. The molecule has 1 heterocycles. The van der Waals surface area contributed by atoms with Gasteiger partial charge in [-0.2, -0.15) is 0 Å². The van der Waals surface area contributed by atoms with Gasteiger partial charge in [-0.05, 0) is 53.4 Å². The van der Waals surface area contributed by atoms with Crippen LogP contribution < -0.4 is 15.0 Å². The predicted octanol–water partition coefficient (Wildman–Crippen LogP) is 5.16. The molecule has 192 valence electrons. The average Bonchev–Trinajstić information content (AvgIpc) is 2.89. The highest BCUT2D eigenvalue weighted by molar-refractivity contribution is 6.31. The highest BCUT2D eigenvalue weighted by Gasteiger charge is 2.36. The Kier molecular flexibility index (Phi) is 7.78. The van der Waals surface area contributed by atoms with Crippen LogP contribution in [0.15, 0.2) is 60.7 Å². The predicted molar refractivity (Wildman–Crippen MR) is 137 cm³/mol. The molecule has 3 aromatic carbocycles. The van der Waals surface area contributed by atoms with Crippen molar-refractivity contribution in [3.8, 4) is 5.75 Å². The maximum absolute atomic E-state index is 14.5. The Balaban J connectivity index is 1.53. The maximum atomic E-state index is 14.5. The van der Waals surface area contributed by atoms with E-state index < -0.39 is 18.4 Å². The molecule has 0 saturated carbocycles. The fourth-order valence-electron chi connectivity index (χ4n) is 4.29. The number of halogens is 2. The minimum Gasteiger partial charge on any atom is -0.482 e. The molecule has 0 fully saturated rings. The number of anilines is 1. The smallest absolute Gasteiger partial charge is 0.341 e. The van der Waals surface area contributed by atoms with Crippen molar-refractivity contribution >= 4 is 35.1 Å². The second-order valence-electron chi connectivity index (χ2n) is 8.98. The third-order valence-corrected chi connectivity index (χ3v) is 6.95. The van der Waals surface area contributed by atoms with Gasteiger partial charge in [-0.15, -0.1) is 0 Å². The topological polar surface area (TPSA) is 95.9 Å². The number of carboxylic acids is 1. The third-order valence-electron chi connectivity index (χ3n) is 6.60. The van der Waals surface area contributed by atoms with Crippen molar-refractivity contribution in [1.82, 2.24) is 5.32 Å². The van der Waals surface area contributed by atoms with Crippen LogP contribution in [0.2, 0.25) is 5.02 Å². The number of fused-ring (bicyclic) bond motifs is 1. The first kappa shape index (κ1) is 26.2. The molecule has 0 aliphatic carbocycles. The van der Waals surface area contributed by atoms with E-state index in [1.807, 2.05) is 19.9 Å². The molecule has 37 heavy (non-hydrogen) atoms. The number of benzene rings is 3. The summed E-state index contributed by atoms with van der Waals surface area (Å²) in [6.07, 6.45) is 0. The summed E-state index contributed by atoms with van der Waals surface area (Å²) in [7, 11) is 0. The van der Waals surface area contributed by atoms with Gasteiger partial charge in [-0.3, -0.25) is 9.59 Å². The minimum atomic E-state index is -1.07. The molecule has 2 unspecified atom stereocenters. The molecular weight excluding hydrogens is 499 g/mol. The quantitative estimate of drug-likeness (QED) is 0.424. The molecule has 0 bridgehead atoms. The van der Waals surface area contributed by atoms with Gasteiger partial charge in [0.25, 0.3) is 5.91 Å². The summed E-state index contributed by atoms with van der Waals surface area (Å²) in [5.41, 5.74) is 2.83. The van der Waals surface area contributed by atoms with Crippen LogP contribution in [0, 0.1) is 11.7 Å². The lowest BCUT2D eigenvalue weighted by Gasteiger charge is -2.37. The Morgan fingerprint density at radius 1 is 1.08 bits per heavy atom. The van der Waals surface area contributed by atoms with Gasteiger partial charge in [0.2, 0.25) is 5.91 Å². The van der Waals surface area contributed by atoms with E-state index >= 15 is 0 Å². The number of ether oxygens (including phenoxy) is 1. The van der Waals surface area contributed by atoms with E-state index in [0.717, 1.165) is 11.1 Å². The van der Waals surface area contributed by atoms with E-state index in [4.69, 9.17) is 21.4 Å². The van der Waals surface area contributed by atoms with Gasteiger partial charge in [0, 0.05) is 34.3 Å². The number of nitrogens with one attached hydrogen (secondary N) is 1. The highest BCUT2D eigenvalue weighted by Crippen LogP contribution is 2.41. The molecule has 2 N–H and O–H groups in total. The summed E-state index contributed by atoms with van der Waals surface area (Å²) in [6, 6.07) is 16.3. The minimum absolute atomic E-state index is 0.0459. The third kappa shape index (κ3) is 5.75. The van der Waals surface area contributed by atoms with E-state index in [9.17, 15) is 18.8 Å². The molecule has 4 rings (SSSR count). The molecule has 7 nitrogen and oxygen atoms in total. The second-order valence-corrected chi connectivity index (χ2v) is 9.39. The van der Waals surface area contributed by atoms with E-state index in [1.54, 1.807) is 42.5 Å². The van der Waals surface area contributed by atoms with Crippen LogP contribution in [0.1, 0.15) is 46.8 Å². The standard InChI is InChI=1S/C28H26ClFN2O5/c1-16-17(2)28(36)32(14-22-23(29)4-3-5-24(22)30)25-12-19(8-11-21(16)25)27(35)31-13-18-6-9-20(10-7-18)37-15-26(33)34/h3-12,16-17H,13-15H2,1-2H3,(H,31,35)(H,33,34). The molecule has 3 aromatic rings. The SMILES string of the molecule is CC1C(=O)N(Cc2c(F)cccc2Cl)c2cc(C(=O)NCc3ccc(OCC(=O)O)cc3)ccc2C1C. The van der Waals surface area contributed by atoms with Crippen LogP contribution in [0.5, 0.6) is 5.75 Å². The fraction of sp³-hybridized carbons (Fsp3) is 0.250.